The number of halogens is 2. The average molecular weight is 1410 g/mol. The fourth-order valence-electron chi connectivity index (χ4n) is 17.1. The van der Waals surface area contributed by atoms with Crippen molar-refractivity contribution in [3.8, 4) is 0 Å². The summed E-state index contributed by atoms with van der Waals surface area (Å²) in [5, 5.41) is 30.5. The van der Waals surface area contributed by atoms with Gasteiger partial charge >= 0.3 is 0 Å². The van der Waals surface area contributed by atoms with Crippen LogP contribution in [0.4, 0.5) is 8.78 Å². The van der Waals surface area contributed by atoms with Gasteiger partial charge in [-0.1, -0.05) is 88.5 Å². The lowest BCUT2D eigenvalue weighted by Gasteiger charge is -2.44. The highest BCUT2D eigenvalue weighted by atomic mass is 19.3. The molecule has 5 saturated carbocycles. The Balaban J connectivity index is 0.000000209. The first-order chi connectivity index (χ1) is 47.7. The minimum Gasteiger partial charge on any atom is -0.378 e. The fourth-order valence-corrected chi connectivity index (χ4v) is 17.1. The summed E-state index contributed by atoms with van der Waals surface area (Å²) >= 11 is 0. The molecule has 0 radical (unpaired) electrons. The predicted octanol–water partition coefficient (Wildman–Crippen LogP) is 18.8. The van der Waals surface area contributed by atoms with Crippen LogP contribution in [0.5, 0.6) is 0 Å². The number of H-pyrrole nitrogens is 4. The van der Waals surface area contributed by atoms with Gasteiger partial charge in [-0.15, -0.1) is 0 Å². The quantitative estimate of drug-likeness (QED) is 0.0348. The van der Waals surface area contributed by atoms with E-state index < -0.39 is 5.92 Å². The third kappa shape index (κ3) is 27.4. The monoisotopic (exact) mass is 1410 g/mol. The summed E-state index contributed by atoms with van der Waals surface area (Å²) in [4.78, 5) is 9.58. The second kappa shape index (κ2) is 43.7. The molecule has 2 spiro atoms. The van der Waals surface area contributed by atoms with E-state index in [1.807, 2.05) is 24.8 Å². The van der Waals surface area contributed by atoms with Crippen molar-refractivity contribution in [3.05, 3.63) is 69.8 Å². The van der Waals surface area contributed by atoms with Crippen LogP contribution in [0.1, 0.15) is 332 Å². The number of aromatic amines is 4. The Morgan fingerprint density at radius 1 is 0.430 bits per heavy atom. The second-order valence-corrected chi connectivity index (χ2v) is 32.3. The minimum atomic E-state index is -2.41. The van der Waals surface area contributed by atoms with E-state index in [1.165, 1.54) is 129 Å². The molecule has 4 atom stereocenters. The number of unbranched alkanes of at least 4 members (excludes halogenated alkanes) is 4. The van der Waals surface area contributed by atoms with Crippen LogP contribution in [-0.2, 0) is 49.9 Å². The van der Waals surface area contributed by atoms with Gasteiger partial charge in [-0.2, -0.15) is 20.4 Å². The minimum absolute atomic E-state index is 0. The van der Waals surface area contributed by atoms with E-state index >= 15 is 0 Å². The van der Waals surface area contributed by atoms with Gasteiger partial charge in [0.05, 0.1) is 61.4 Å². The zero-order valence-electron chi connectivity index (χ0n) is 65.0. The Kier molecular flexibility index (Phi) is 37.3. The number of nitrogens with zero attached hydrogens (tertiary/aromatic N) is 8. The van der Waals surface area contributed by atoms with Crippen molar-refractivity contribution >= 4 is 0 Å². The van der Waals surface area contributed by atoms with Crippen LogP contribution in [0.2, 0.25) is 0 Å². The number of rotatable bonds is 34. The SMILES string of the molecule is C.CCCCN(C)Cc1cn[nH]c1C1CC(OCC)CC(OCC)C1.CCCCN(C)Cc1cn[nH]c1C1CC(OCCC)CC(OCCC)C1.CCCCN(C)Cc1cn[nH]c1C1CCC2(CC1)CC(C)(C)CO2.CCCCN(C)Cc1cn[nH]c1C1CCC2(CC1)CCC(F)(F)CC2. The van der Waals surface area contributed by atoms with E-state index in [4.69, 9.17) is 23.7 Å². The molecule has 19 heteroatoms. The Morgan fingerprint density at radius 3 is 1.05 bits per heavy atom. The van der Waals surface area contributed by atoms with Gasteiger partial charge in [0.1, 0.15) is 0 Å². The molecule has 1 aliphatic heterocycles. The predicted molar refractivity (Wildman–Crippen MR) is 405 cm³/mol. The van der Waals surface area contributed by atoms with Gasteiger partial charge < -0.3 is 43.3 Å². The molecule has 17 nitrogen and oxygen atoms in total. The van der Waals surface area contributed by atoms with Crippen LogP contribution in [0.3, 0.4) is 0 Å². The summed E-state index contributed by atoms with van der Waals surface area (Å²) in [5.74, 6) is -0.375. The van der Waals surface area contributed by atoms with Crippen molar-refractivity contribution in [2.45, 2.75) is 349 Å². The van der Waals surface area contributed by atoms with Crippen molar-refractivity contribution < 1.29 is 32.5 Å². The third-order valence-electron chi connectivity index (χ3n) is 22.7. The molecular formula is C81H146F2N12O5. The Morgan fingerprint density at radius 2 is 0.750 bits per heavy atom. The molecule has 4 unspecified atom stereocenters. The van der Waals surface area contributed by atoms with Gasteiger partial charge in [-0.25, -0.2) is 8.78 Å². The second-order valence-electron chi connectivity index (χ2n) is 32.3. The van der Waals surface area contributed by atoms with Gasteiger partial charge in [0.2, 0.25) is 5.92 Å². The normalized spacial score (nSPS) is 23.5. The lowest BCUT2D eigenvalue weighted by Crippen LogP contribution is -2.36. The summed E-state index contributed by atoms with van der Waals surface area (Å²) in [6, 6.07) is 0. The van der Waals surface area contributed by atoms with E-state index in [1.54, 1.807) is 0 Å². The zero-order valence-corrected chi connectivity index (χ0v) is 65.0. The molecule has 0 aromatic carbocycles. The topological polar surface area (TPSA) is 174 Å². The molecule has 6 aliphatic rings. The third-order valence-corrected chi connectivity index (χ3v) is 22.7. The number of hydrogen-bond donors (Lipinski definition) is 4. The Bertz CT molecular complexity index is 2730. The van der Waals surface area contributed by atoms with E-state index in [-0.39, 0.29) is 31.3 Å². The first-order valence-corrected chi connectivity index (χ1v) is 40.0. The lowest BCUT2D eigenvalue weighted by molar-refractivity contribution is -0.0759. The van der Waals surface area contributed by atoms with Crippen molar-refractivity contribution in [1.82, 2.24) is 60.4 Å². The number of nitrogens with one attached hydrogen (secondary N) is 4. The molecule has 100 heavy (non-hydrogen) atoms. The highest BCUT2D eigenvalue weighted by molar-refractivity contribution is 5.25. The van der Waals surface area contributed by atoms with Crippen LogP contribution in [0, 0.1) is 10.8 Å². The largest absolute Gasteiger partial charge is 0.378 e. The molecule has 4 N–H and O–H groups in total. The van der Waals surface area contributed by atoms with Crippen molar-refractivity contribution in [2.75, 3.05) is 87.4 Å². The van der Waals surface area contributed by atoms with Gasteiger partial charge in [0, 0.05) is 134 Å². The number of ether oxygens (including phenoxy) is 5. The molecule has 0 bridgehead atoms. The van der Waals surface area contributed by atoms with E-state index in [0.29, 0.717) is 66.3 Å². The summed E-state index contributed by atoms with van der Waals surface area (Å²) in [7, 11) is 8.79. The van der Waals surface area contributed by atoms with Gasteiger partial charge in [0.25, 0.3) is 0 Å². The van der Waals surface area contributed by atoms with Crippen LogP contribution in [-0.4, -0.2) is 184 Å². The smallest absolute Gasteiger partial charge is 0.248 e. The number of alkyl halides is 2. The number of aromatic nitrogens is 8. The Labute approximate surface area is 606 Å². The molecule has 4 aromatic heterocycles. The lowest BCUT2D eigenvalue weighted by atomic mass is 9.62. The highest BCUT2D eigenvalue weighted by Crippen LogP contribution is 2.54. The maximum atomic E-state index is 13.5. The molecule has 5 aliphatic carbocycles. The summed E-state index contributed by atoms with van der Waals surface area (Å²) in [6.07, 6.45) is 39.6. The average Bonchev–Trinajstić information content (AvgIpc) is 1.61. The summed E-state index contributed by atoms with van der Waals surface area (Å²) in [6.45, 7) is 34.7. The molecule has 6 fully saturated rings. The number of hydrogen-bond acceptors (Lipinski definition) is 13. The van der Waals surface area contributed by atoms with Gasteiger partial charge in [0.15, 0.2) is 0 Å². The summed E-state index contributed by atoms with van der Waals surface area (Å²) < 4.78 is 57.4. The first-order valence-electron chi connectivity index (χ1n) is 40.0. The highest BCUT2D eigenvalue weighted by Gasteiger charge is 2.48. The fraction of sp³-hybridized carbons (Fsp3) is 0.852. The molecule has 4 aromatic rings. The molecule has 10 rings (SSSR count). The molecular weight excluding hydrogens is 1260 g/mol. The van der Waals surface area contributed by atoms with Crippen molar-refractivity contribution in [1.29, 1.82) is 0 Å². The molecule has 0 amide bonds. The molecule has 5 heterocycles. The van der Waals surface area contributed by atoms with Gasteiger partial charge in [-0.05, 0) is 227 Å². The standard InChI is InChI=1S/C21H39N3O2.C20H33F2N3.C20H35N3O.C19H35N3O2.CH4/c1-5-8-9-24(4)16-18-15-22-23-21(18)17-12-19(25-10-6-2)14-20(13-17)26-11-7-3;1-3-4-13-25(2)15-17-14-23-24-18(17)16-5-7-19(8-6-16)9-11-20(21,22)12-10-19;1-5-6-11-23(4)13-17-12-21-22-18(17)16-7-9-20(10-8-16)14-19(2,3)15-24-20;1-5-8-9-22(4)14-16-13-20-21-19(16)15-10-17(23-6-2)12-18(11-15)24-7-3;/h15,17,19-20H,5-14,16H2,1-4H3,(H,22,23);14,16H,3-13,15H2,1-2H3,(H,23,24);12,16H,5-11,13-15H2,1-4H3,(H,21,22);13,15,17-18H,5-12,14H2,1-4H3,(H,20,21);1H4. The first kappa shape index (κ1) is 85.3. The van der Waals surface area contributed by atoms with Gasteiger partial charge in [-0.3, -0.25) is 20.4 Å². The zero-order chi connectivity index (χ0) is 71.3. The maximum absolute atomic E-state index is 13.5. The van der Waals surface area contributed by atoms with E-state index in [0.717, 1.165) is 162 Å². The van der Waals surface area contributed by atoms with Crippen molar-refractivity contribution in [2.24, 2.45) is 10.8 Å². The van der Waals surface area contributed by atoms with Crippen LogP contribution < -0.4 is 0 Å². The molecule has 574 valence electrons. The van der Waals surface area contributed by atoms with Crippen LogP contribution in [0.25, 0.3) is 0 Å². The summed E-state index contributed by atoms with van der Waals surface area (Å²) in [5.41, 5.74) is 11.3. The van der Waals surface area contributed by atoms with E-state index in [2.05, 4.69) is 158 Å². The van der Waals surface area contributed by atoms with Crippen molar-refractivity contribution in [3.63, 3.8) is 0 Å². The van der Waals surface area contributed by atoms with E-state index in [9.17, 15) is 8.78 Å². The van der Waals surface area contributed by atoms with Crippen LogP contribution >= 0.6 is 0 Å². The molecule has 1 saturated heterocycles. The maximum Gasteiger partial charge on any atom is 0.248 e. The Hall–Kier alpha value is -3.66. The van der Waals surface area contributed by atoms with Crippen LogP contribution in [0.15, 0.2) is 24.8 Å².